The van der Waals surface area contributed by atoms with Crippen molar-refractivity contribution in [1.29, 1.82) is 0 Å². The molecule has 5 nitrogen and oxygen atoms in total. The van der Waals surface area contributed by atoms with Crippen molar-refractivity contribution in [2.75, 3.05) is 7.11 Å². The number of benzene rings is 1. The van der Waals surface area contributed by atoms with E-state index in [4.69, 9.17) is 4.74 Å². The van der Waals surface area contributed by atoms with Gasteiger partial charge in [-0.2, -0.15) is 0 Å². The topological polar surface area (TPSA) is 57.0 Å². The van der Waals surface area contributed by atoms with Crippen molar-refractivity contribution in [3.63, 3.8) is 0 Å². The summed E-state index contributed by atoms with van der Waals surface area (Å²) in [6.45, 7) is 8.36. The van der Waals surface area contributed by atoms with Gasteiger partial charge in [0.25, 0.3) is 0 Å². The molecule has 23 heavy (non-hydrogen) atoms. The van der Waals surface area contributed by atoms with Crippen molar-refractivity contribution in [1.82, 2.24) is 14.8 Å². The molecule has 0 aliphatic rings. The van der Waals surface area contributed by atoms with Gasteiger partial charge in [0.05, 0.1) is 7.11 Å². The van der Waals surface area contributed by atoms with Gasteiger partial charge in [0.2, 0.25) is 0 Å². The SMILES string of the molecule is COC(=O)[C@@H](C)Sc1nnc(-c2ccc(C(C)(C)C)cc2)n1C. The number of carbonyl (C=O) groups is 1. The Bertz CT molecular complexity index is 687. The minimum Gasteiger partial charge on any atom is -0.468 e. The molecule has 1 atom stereocenters. The monoisotopic (exact) mass is 333 g/mol. The van der Waals surface area contributed by atoms with E-state index < -0.39 is 0 Å². The number of ether oxygens (including phenoxy) is 1. The zero-order valence-electron chi connectivity index (χ0n) is 14.5. The number of rotatable bonds is 4. The first-order valence-corrected chi connectivity index (χ1v) is 8.37. The van der Waals surface area contributed by atoms with Gasteiger partial charge in [0.1, 0.15) is 5.25 Å². The lowest BCUT2D eigenvalue weighted by atomic mass is 9.87. The van der Waals surface area contributed by atoms with E-state index in [1.54, 1.807) is 6.92 Å². The van der Waals surface area contributed by atoms with Crippen molar-refractivity contribution in [2.45, 2.75) is 43.5 Å². The summed E-state index contributed by atoms with van der Waals surface area (Å²) in [4.78, 5) is 11.5. The zero-order chi connectivity index (χ0) is 17.2. The van der Waals surface area contributed by atoms with E-state index in [9.17, 15) is 4.79 Å². The van der Waals surface area contributed by atoms with Gasteiger partial charge in [0.15, 0.2) is 11.0 Å². The van der Waals surface area contributed by atoms with Gasteiger partial charge in [-0.05, 0) is 17.9 Å². The zero-order valence-corrected chi connectivity index (χ0v) is 15.3. The van der Waals surface area contributed by atoms with Crippen LogP contribution in [0.15, 0.2) is 29.4 Å². The first kappa shape index (κ1) is 17.5. The highest BCUT2D eigenvalue weighted by molar-refractivity contribution is 8.00. The van der Waals surface area contributed by atoms with Gasteiger partial charge in [-0.1, -0.05) is 56.8 Å². The van der Waals surface area contributed by atoms with Crippen LogP contribution in [0.2, 0.25) is 0 Å². The maximum atomic E-state index is 11.5. The van der Waals surface area contributed by atoms with E-state index in [-0.39, 0.29) is 16.6 Å². The molecule has 0 radical (unpaired) electrons. The van der Waals surface area contributed by atoms with Crippen molar-refractivity contribution < 1.29 is 9.53 Å². The maximum absolute atomic E-state index is 11.5. The molecule has 1 aromatic carbocycles. The molecule has 0 unspecified atom stereocenters. The molecule has 0 N–H and O–H groups in total. The van der Waals surface area contributed by atoms with E-state index >= 15 is 0 Å². The molecule has 0 bridgehead atoms. The molecule has 1 aromatic heterocycles. The number of hydrogen-bond acceptors (Lipinski definition) is 5. The van der Waals surface area contributed by atoms with Crippen LogP contribution in [0.4, 0.5) is 0 Å². The third kappa shape index (κ3) is 3.93. The van der Waals surface area contributed by atoms with Crippen LogP contribution in [0.1, 0.15) is 33.3 Å². The molecule has 0 saturated carbocycles. The van der Waals surface area contributed by atoms with E-state index in [0.29, 0.717) is 5.16 Å². The lowest BCUT2D eigenvalue weighted by Crippen LogP contribution is -2.15. The first-order valence-electron chi connectivity index (χ1n) is 7.49. The molecule has 0 fully saturated rings. The van der Waals surface area contributed by atoms with Gasteiger partial charge in [-0.25, -0.2) is 0 Å². The maximum Gasteiger partial charge on any atom is 0.318 e. The largest absolute Gasteiger partial charge is 0.468 e. The summed E-state index contributed by atoms with van der Waals surface area (Å²) in [5.74, 6) is 0.513. The summed E-state index contributed by atoms with van der Waals surface area (Å²) in [7, 11) is 3.29. The molecular formula is C17H23N3O2S. The Morgan fingerprint density at radius 2 is 1.83 bits per heavy atom. The van der Waals surface area contributed by atoms with Crippen LogP contribution in [0, 0.1) is 0 Å². The van der Waals surface area contributed by atoms with E-state index in [1.165, 1.54) is 24.4 Å². The Kier molecular flexibility index (Phi) is 5.14. The normalized spacial score (nSPS) is 13.0. The molecule has 124 valence electrons. The van der Waals surface area contributed by atoms with Crippen LogP contribution in [-0.2, 0) is 22.0 Å². The molecule has 2 rings (SSSR count). The van der Waals surface area contributed by atoms with Crippen molar-refractivity contribution in [2.24, 2.45) is 7.05 Å². The summed E-state index contributed by atoms with van der Waals surface area (Å²) in [5.41, 5.74) is 2.40. The van der Waals surface area contributed by atoms with Crippen LogP contribution in [0.3, 0.4) is 0 Å². The summed E-state index contributed by atoms with van der Waals surface area (Å²) >= 11 is 1.34. The van der Waals surface area contributed by atoms with Gasteiger partial charge in [0, 0.05) is 12.6 Å². The fourth-order valence-corrected chi connectivity index (χ4v) is 3.00. The minimum atomic E-state index is -0.320. The van der Waals surface area contributed by atoms with Crippen LogP contribution in [0.5, 0.6) is 0 Å². The van der Waals surface area contributed by atoms with Crippen LogP contribution < -0.4 is 0 Å². The summed E-state index contributed by atoms with van der Waals surface area (Å²) in [6, 6.07) is 8.35. The number of thioether (sulfide) groups is 1. The molecular weight excluding hydrogens is 310 g/mol. The number of aromatic nitrogens is 3. The third-order valence-corrected chi connectivity index (χ3v) is 4.77. The summed E-state index contributed by atoms with van der Waals surface area (Å²) < 4.78 is 6.64. The Labute approximate surface area is 141 Å². The standard InChI is InChI=1S/C17H23N3O2S/c1-11(15(21)22-6)23-16-19-18-14(20(16)5)12-7-9-13(10-8-12)17(2,3)4/h7-11H,1-6H3/t11-/m1/s1. The number of nitrogens with zero attached hydrogens (tertiary/aromatic N) is 3. The average Bonchev–Trinajstić information content (AvgIpc) is 2.86. The van der Waals surface area contributed by atoms with Gasteiger partial charge < -0.3 is 9.30 Å². The molecule has 0 saturated heterocycles. The Balaban J connectivity index is 2.24. The second-order valence-corrected chi connectivity index (χ2v) is 7.78. The number of esters is 1. The molecule has 1 heterocycles. The van der Waals surface area contributed by atoms with Gasteiger partial charge in [-0.3, -0.25) is 4.79 Å². The van der Waals surface area contributed by atoms with Crippen LogP contribution in [-0.4, -0.2) is 33.1 Å². The van der Waals surface area contributed by atoms with Crippen LogP contribution in [0.25, 0.3) is 11.4 Å². The average molecular weight is 333 g/mol. The molecule has 0 spiro atoms. The molecule has 0 aliphatic carbocycles. The lowest BCUT2D eigenvalue weighted by Gasteiger charge is -2.19. The van der Waals surface area contributed by atoms with Gasteiger partial charge >= 0.3 is 5.97 Å². The number of carbonyl (C=O) groups excluding carboxylic acids is 1. The minimum absolute atomic E-state index is 0.120. The van der Waals surface area contributed by atoms with Crippen molar-refractivity contribution in [3.05, 3.63) is 29.8 Å². The fraction of sp³-hybridized carbons (Fsp3) is 0.471. The number of hydrogen-bond donors (Lipinski definition) is 0. The summed E-state index contributed by atoms with van der Waals surface area (Å²) in [6.07, 6.45) is 0. The third-order valence-electron chi connectivity index (χ3n) is 3.66. The van der Waals surface area contributed by atoms with E-state index in [0.717, 1.165) is 11.4 Å². The Morgan fingerprint density at radius 3 is 2.35 bits per heavy atom. The molecule has 0 aliphatic heterocycles. The second kappa shape index (κ2) is 6.74. The predicted octanol–water partition coefficient (Wildman–Crippen LogP) is 3.43. The predicted molar refractivity (Wildman–Crippen MR) is 92.5 cm³/mol. The molecule has 6 heteroatoms. The highest BCUT2D eigenvalue weighted by Gasteiger charge is 2.20. The Morgan fingerprint density at radius 1 is 1.22 bits per heavy atom. The van der Waals surface area contributed by atoms with E-state index in [1.807, 2.05) is 11.6 Å². The molecule has 0 amide bonds. The number of methoxy groups -OCH3 is 1. The second-order valence-electron chi connectivity index (χ2n) is 6.48. The highest BCUT2D eigenvalue weighted by atomic mass is 32.2. The molecule has 2 aromatic rings. The van der Waals surface area contributed by atoms with E-state index in [2.05, 4.69) is 55.2 Å². The highest BCUT2D eigenvalue weighted by Crippen LogP contribution is 2.28. The quantitative estimate of drug-likeness (QED) is 0.634. The Hall–Kier alpha value is -1.82. The van der Waals surface area contributed by atoms with Gasteiger partial charge in [-0.15, -0.1) is 10.2 Å². The smallest absolute Gasteiger partial charge is 0.318 e. The summed E-state index contributed by atoms with van der Waals surface area (Å²) in [5, 5.41) is 8.82. The fourth-order valence-electron chi connectivity index (χ4n) is 2.16. The van der Waals surface area contributed by atoms with Crippen molar-refractivity contribution in [3.8, 4) is 11.4 Å². The van der Waals surface area contributed by atoms with Crippen molar-refractivity contribution >= 4 is 17.7 Å². The van der Waals surface area contributed by atoms with Crippen LogP contribution >= 0.6 is 11.8 Å². The first-order chi connectivity index (χ1) is 10.7. The lowest BCUT2D eigenvalue weighted by molar-refractivity contribution is -0.139.